The van der Waals surface area contributed by atoms with Crippen LogP contribution in [0.3, 0.4) is 0 Å². The van der Waals surface area contributed by atoms with Crippen LogP contribution in [-0.4, -0.2) is 56.8 Å². The van der Waals surface area contributed by atoms with Crippen molar-refractivity contribution in [1.82, 2.24) is 25.3 Å². The highest BCUT2D eigenvalue weighted by Crippen LogP contribution is 2.37. The molecule has 2 aliphatic heterocycles. The van der Waals surface area contributed by atoms with Gasteiger partial charge in [-0.2, -0.15) is 9.97 Å². The average Bonchev–Trinajstić information content (AvgIpc) is 3.30. The smallest absolute Gasteiger partial charge is 0.319 e. The van der Waals surface area contributed by atoms with E-state index in [1.807, 2.05) is 42.5 Å². The minimum Gasteiger partial charge on any atom is -0.508 e. The van der Waals surface area contributed by atoms with Gasteiger partial charge < -0.3 is 20.1 Å². The molecule has 2 aromatic carbocycles. The predicted molar refractivity (Wildman–Crippen MR) is 147 cm³/mol. The van der Waals surface area contributed by atoms with Gasteiger partial charge in [-0.25, -0.2) is 4.39 Å². The van der Waals surface area contributed by atoms with Crippen molar-refractivity contribution in [3.05, 3.63) is 78.5 Å². The highest BCUT2D eigenvalue weighted by Gasteiger charge is 2.34. The van der Waals surface area contributed by atoms with Crippen molar-refractivity contribution in [2.45, 2.75) is 31.3 Å². The summed E-state index contributed by atoms with van der Waals surface area (Å²) in [5, 5.41) is 16.1. The molecule has 2 atom stereocenters. The second-order valence-corrected chi connectivity index (χ2v) is 10.2. The molecule has 9 heteroatoms. The number of piperazine rings is 1. The monoisotopic (exact) mass is 522 g/mol. The molecule has 0 amide bonds. The number of fused-ring (bicyclic) bond motifs is 4. The zero-order valence-corrected chi connectivity index (χ0v) is 21.2. The Hall–Kier alpha value is -4.37. The number of ether oxygens (including phenoxy) is 1. The number of hydrogen-bond acceptors (Lipinski definition) is 8. The van der Waals surface area contributed by atoms with E-state index in [1.54, 1.807) is 24.5 Å². The van der Waals surface area contributed by atoms with E-state index >= 15 is 4.39 Å². The fourth-order valence-corrected chi connectivity index (χ4v) is 5.77. The fraction of sp³-hybridized carbons (Fsp3) is 0.267. The maximum atomic E-state index is 16.4. The first-order valence-corrected chi connectivity index (χ1v) is 13.2. The number of aromatic hydroxyl groups is 1. The summed E-state index contributed by atoms with van der Waals surface area (Å²) in [5.41, 5.74) is 1.67. The van der Waals surface area contributed by atoms with Crippen molar-refractivity contribution in [1.29, 1.82) is 0 Å². The van der Waals surface area contributed by atoms with E-state index in [9.17, 15) is 5.11 Å². The van der Waals surface area contributed by atoms with Gasteiger partial charge in [0.25, 0.3) is 0 Å². The van der Waals surface area contributed by atoms with Crippen LogP contribution in [0.4, 0.5) is 10.2 Å². The van der Waals surface area contributed by atoms with Gasteiger partial charge in [-0.3, -0.25) is 9.97 Å². The van der Waals surface area contributed by atoms with E-state index in [0.29, 0.717) is 41.9 Å². The Kier molecular flexibility index (Phi) is 5.93. The number of pyridine rings is 2. The van der Waals surface area contributed by atoms with Gasteiger partial charge in [0.05, 0.1) is 12.0 Å². The van der Waals surface area contributed by atoms with Crippen LogP contribution < -0.4 is 15.0 Å². The number of benzene rings is 2. The van der Waals surface area contributed by atoms with Crippen LogP contribution >= 0.6 is 0 Å². The number of nitrogens with one attached hydrogen (secondary N) is 1. The molecule has 196 valence electrons. The predicted octanol–water partition coefficient (Wildman–Crippen LogP) is 4.65. The SMILES string of the molecule is Oc1cc(-c2ncc3c(N4C[C@H]5CC[C@@H](C4)N5)nc(OCCc4ccccn4)nc3c2F)c2ccccc2c1. The number of phenols is 1. The van der Waals surface area contributed by atoms with E-state index in [-0.39, 0.29) is 23.0 Å². The van der Waals surface area contributed by atoms with Crippen molar-refractivity contribution in [3.8, 4) is 23.0 Å². The van der Waals surface area contributed by atoms with E-state index in [0.717, 1.165) is 42.4 Å². The maximum absolute atomic E-state index is 16.4. The first kappa shape index (κ1) is 23.7. The van der Waals surface area contributed by atoms with Crippen LogP contribution in [0.25, 0.3) is 32.9 Å². The van der Waals surface area contributed by atoms with Crippen LogP contribution in [0.1, 0.15) is 18.5 Å². The minimum absolute atomic E-state index is 0.0446. The quantitative estimate of drug-likeness (QED) is 0.333. The topological polar surface area (TPSA) is 96.3 Å². The number of halogens is 1. The molecular formula is C30H27FN6O2. The summed E-state index contributed by atoms with van der Waals surface area (Å²) in [4.78, 5) is 20.4. The van der Waals surface area contributed by atoms with Crippen LogP contribution in [0, 0.1) is 5.82 Å². The molecule has 3 aromatic heterocycles. The molecule has 0 saturated carbocycles. The number of nitrogens with zero attached hydrogens (tertiary/aromatic N) is 5. The van der Waals surface area contributed by atoms with Gasteiger partial charge in [0, 0.05) is 55.2 Å². The molecule has 8 nitrogen and oxygen atoms in total. The Balaban J connectivity index is 1.33. The van der Waals surface area contributed by atoms with E-state index < -0.39 is 5.82 Å². The highest BCUT2D eigenvalue weighted by atomic mass is 19.1. The molecule has 7 rings (SSSR count). The average molecular weight is 523 g/mol. The third kappa shape index (κ3) is 4.48. The van der Waals surface area contributed by atoms with Gasteiger partial charge in [-0.1, -0.05) is 30.3 Å². The van der Waals surface area contributed by atoms with Crippen molar-refractivity contribution in [3.63, 3.8) is 0 Å². The molecule has 0 unspecified atom stereocenters. The molecule has 0 aliphatic carbocycles. The Morgan fingerprint density at radius 2 is 1.79 bits per heavy atom. The fourth-order valence-electron chi connectivity index (χ4n) is 5.77. The largest absolute Gasteiger partial charge is 0.508 e. The summed E-state index contributed by atoms with van der Waals surface area (Å²) >= 11 is 0. The first-order chi connectivity index (χ1) is 19.1. The summed E-state index contributed by atoms with van der Waals surface area (Å²) in [5.74, 6) is 0.104. The van der Waals surface area contributed by atoms with Crippen molar-refractivity contribution < 1.29 is 14.2 Å². The van der Waals surface area contributed by atoms with Gasteiger partial charge in [-0.05, 0) is 47.9 Å². The zero-order valence-electron chi connectivity index (χ0n) is 21.2. The van der Waals surface area contributed by atoms with Crippen LogP contribution in [0.2, 0.25) is 0 Å². The molecule has 0 spiro atoms. The summed E-state index contributed by atoms with van der Waals surface area (Å²) in [6.07, 6.45) is 6.18. The number of hydrogen-bond donors (Lipinski definition) is 2. The van der Waals surface area contributed by atoms with E-state index in [4.69, 9.17) is 9.72 Å². The summed E-state index contributed by atoms with van der Waals surface area (Å²) in [6, 6.07) is 17.3. The van der Waals surface area contributed by atoms with Crippen LogP contribution in [0.15, 0.2) is 67.0 Å². The molecule has 5 aromatic rings. The Bertz CT molecular complexity index is 1670. The third-order valence-corrected chi connectivity index (χ3v) is 7.58. The summed E-state index contributed by atoms with van der Waals surface area (Å²) < 4.78 is 22.3. The van der Waals surface area contributed by atoms with Gasteiger partial charge in [0.2, 0.25) is 0 Å². The molecule has 2 fully saturated rings. The van der Waals surface area contributed by atoms with E-state index in [1.165, 1.54) is 0 Å². The molecule has 2 N–H and O–H groups in total. The van der Waals surface area contributed by atoms with Gasteiger partial charge in [0.15, 0.2) is 5.82 Å². The molecule has 2 bridgehead atoms. The Morgan fingerprint density at radius 1 is 0.974 bits per heavy atom. The second-order valence-electron chi connectivity index (χ2n) is 10.2. The molecule has 2 aliphatic rings. The lowest BCUT2D eigenvalue weighted by molar-refractivity contribution is 0.296. The maximum Gasteiger partial charge on any atom is 0.319 e. The lowest BCUT2D eigenvalue weighted by Gasteiger charge is -2.34. The molecule has 5 heterocycles. The summed E-state index contributed by atoms with van der Waals surface area (Å²) in [7, 11) is 0. The third-order valence-electron chi connectivity index (χ3n) is 7.58. The summed E-state index contributed by atoms with van der Waals surface area (Å²) in [6.45, 7) is 1.86. The second kappa shape index (κ2) is 9.74. The lowest BCUT2D eigenvalue weighted by Crippen LogP contribution is -2.51. The number of anilines is 1. The van der Waals surface area contributed by atoms with E-state index in [2.05, 4.69) is 25.2 Å². The minimum atomic E-state index is -0.570. The molecule has 0 radical (unpaired) electrons. The Morgan fingerprint density at radius 3 is 2.62 bits per heavy atom. The van der Waals surface area contributed by atoms with Gasteiger partial charge >= 0.3 is 6.01 Å². The number of phenolic OH excluding ortho intramolecular Hbond substituents is 1. The van der Waals surface area contributed by atoms with Gasteiger partial charge in [-0.15, -0.1) is 0 Å². The van der Waals surface area contributed by atoms with Gasteiger partial charge in [0.1, 0.15) is 22.8 Å². The first-order valence-electron chi connectivity index (χ1n) is 13.2. The molecular weight excluding hydrogens is 495 g/mol. The molecule has 39 heavy (non-hydrogen) atoms. The Labute approximate surface area is 224 Å². The molecule has 2 saturated heterocycles. The van der Waals surface area contributed by atoms with Crippen molar-refractivity contribution >= 4 is 27.5 Å². The standard InChI is InChI=1S/C30H27FN6O2/c31-26-27(24-14-22(38)13-18-5-1-2-7-23(18)24)33-15-25-28(26)35-30(39-12-10-19-6-3-4-11-32-19)36-29(25)37-16-20-8-9-21(17-37)34-20/h1-7,11,13-15,20-21,34,38H,8-10,12,16-17H2/t20-,21+. The highest BCUT2D eigenvalue weighted by molar-refractivity contribution is 5.99. The number of aromatic nitrogens is 4. The lowest BCUT2D eigenvalue weighted by atomic mass is 10.0. The number of rotatable bonds is 6. The zero-order chi connectivity index (χ0) is 26.3. The van der Waals surface area contributed by atoms with Crippen LogP contribution in [0.5, 0.6) is 11.8 Å². The van der Waals surface area contributed by atoms with Crippen molar-refractivity contribution in [2.24, 2.45) is 0 Å². The van der Waals surface area contributed by atoms with Crippen molar-refractivity contribution in [2.75, 3.05) is 24.6 Å². The normalized spacial score (nSPS) is 18.6. The van der Waals surface area contributed by atoms with Crippen LogP contribution in [-0.2, 0) is 6.42 Å².